The highest BCUT2D eigenvalue weighted by molar-refractivity contribution is 7.98. The van der Waals surface area contributed by atoms with Crippen LogP contribution < -0.4 is 4.90 Å². The summed E-state index contributed by atoms with van der Waals surface area (Å²) in [4.78, 5) is 24.5. The number of aryl methyl sites for hydroxylation is 2. The van der Waals surface area contributed by atoms with Gasteiger partial charge in [0, 0.05) is 29.4 Å². The van der Waals surface area contributed by atoms with E-state index >= 15 is 0 Å². The van der Waals surface area contributed by atoms with E-state index in [0.29, 0.717) is 16.0 Å². The number of hydrogen-bond donors (Lipinski definition) is 1. The largest absolute Gasteiger partial charge is 0.274 e. The molecule has 9 heteroatoms. The number of carbonyl (C=O) groups is 1. The van der Waals surface area contributed by atoms with E-state index in [1.54, 1.807) is 23.2 Å². The first-order valence-corrected chi connectivity index (χ1v) is 12.1. The number of aromatic nitrogens is 4. The Balaban J connectivity index is 1.43. The van der Waals surface area contributed by atoms with Gasteiger partial charge in [-0.3, -0.25) is 14.8 Å². The predicted octanol–water partition coefficient (Wildman–Crippen LogP) is 5.51. The van der Waals surface area contributed by atoms with Crippen molar-refractivity contribution in [2.75, 3.05) is 4.90 Å². The number of rotatable bonds is 7. The normalized spacial score (nSPS) is 11.0. The number of nitrogens with one attached hydrogen (secondary N) is 1. The predicted molar refractivity (Wildman–Crippen MR) is 124 cm³/mol. The molecule has 4 rings (SSSR count). The van der Waals surface area contributed by atoms with E-state index in [4.69, 9.17) is 0 Å². The molecular weight excluding hydrogens is 434 g/mol. The number of thioether (sulfide) groups is 1. The molecule has 0 aliphatic carbocycles. The minimum atomic E-state index is -0.0565. The van der Waals surface area contributed by atoms with E-state index in [0.717, 1.165) is 29.2 Å². The van der Waals surface area contributed by atoms with Crippen LogP contribution in [0.25, 0.3) is 0 Å². The Labute approximate surface area is 187 Å². The van der Waals surface area contributed by atoms with Gasteiger partial charge in [-0.05, 0) is 48.6 Å². The van der Waals surface area contributed by atoms with Gasteiger partial charge in [-0.25, -0.2) is 9.97 Å². The van der Waals surface area contributed by atoms with Crippen LogP contribution >= 0.6 is 34.4 Å². The maximum atomic E-state index is 12.3. The molecule has 3 heterocycles. The molecule has 0 fully saturated rings. The fourth-order valence-corrected chi connectivity index (χ4v) is 5.31. The topological polar surface area (TPSA) is 74.8 Å². The van der Waals surface area contributed by atoms with E-state index < -0.39 is 0 Å². The molecule has 0 saturated carbocycles. The lowest BCUT2D eigenvalue weighted by atomic mass is 10.1. The van der Waals surface area contributed by atoms with Crippen molar-refractivity contribution >= 4 is 51.2 Å². The molecular formula is C21H21N5OS3. The molecule has 0 spiro atoms. The second-order valence-electron chi connectivity index (χ2n) is 6.85. The molecule has 0 aliphatic heterocycles. The zero-order chi connectivity index (χ0) is 21.1. The van der Waals surface area contributed by atoms with Gasteiger partial charge in [0.25, 0.3) is 0 Å². The van der Waals surface area contributed by atoms with Gasteiger partial charge >= 0.3 is 0 Å². The van der Waals surface area contributed by atoms with Crippen LogP contribution in [0.5, 0.6) is 0 Å². The first-order valence-electron chi connectivity index (χ1n) is 9.38. The summed E-state index contributed by atoms with van der Waals surface area (Å²) in [5.41, 5.74) is 4.09. The lowest BCUT2D eigenvalue weighted by Gasteiger charge is -2.19. The van der Waals surface area contributed by atoms with E-state index in [1.807, 2.05) is 36.6 Å². The number of aromatic amines is 1. The fraction of sp³-hybridized carbons (Fsp3) is 0.238. The highest BCUT2D eigenvalue weighted by Crippen LogP contribution is 2.31. The highest BCUT2D eigenvalue weighted by atomic mass is 32.2. The van der Waals surface area contributed by atoms with Gasteiger partial charge in [-0.15, -0.1) is 27.8 Å². The van der Waals surface area contributed by atoms with Crippen molar-refractivity contribution in [2.45, 2.75) is 38.1 Å². The summed E-state index contributed by atoms with van der Waals surface area (Å²) >= 11 is 4.71. The maximum Gasteiger partial charge on any atom is 0.230 e. The molecule has 0 aliphatic rings. The Morgan fingerprint density at radius 1 is 1.17 bits per heavy atom. The van der Waals surface area contributed by atoms with E-state index in [2.05, 4.69) is 38.5 Å². The Bertz CT molecular complexity index is 1150. The number of carbonyl (C=O) groups excluding carboxylic acids is 1. The minimum absolute atomic E-state index is 0.0565. The van der Waals surface area contributed by atoms with Crippen molar-refractivity contribution < 1.29 is 4.79 Å². The first-order chi connectivity index (χ1) is 14.5. The third kappa shape index (κ3) is 4.80. The van der Waals surface area contributed by atoms with Crippen molar-refractivity contribution in [1.82, 2.24) is 20.2 Å². The number of anilines is 2. The van der Waals surface area contributed by atoms with Gasteiger partial charge < -0.3 is 0 Å². The summed E-state index contributed by atoms with van der Waals surface area (Å²) in [5.74, 6) is 1.45. The van der Waals surface area contributed by atoms with Crippen LogP contribution in [0, 0.1) is 13.8 Å². The first kappa shape index (κ1) is 20.8. The van der Waals surface area contributed by atoms with Crippen LogP contribution in [0.4, 0.5) is 10.8 Å². The van der Waals surface area contributed by atoms with Gasteiger partial charge in [0.05, 0.1) is 11.4 Å². The number of thiazole rings is 1. The number of amides is 1. The molecule has 0 bridgehead atoms. The Kier molecular flexibility index (Phi) is 6.31. The zero-order valence-electron chi connectivity index (χ0n) is 16.9. The molecule has 1 aromatic carbocycles. The smallest absolute Gasteiger partial charge is 0.230 e. The quantitative estimate of drug-likeness (QED) is 0.372. The molecule has 0 unspecified atom stereocenters. The molecule has 30 heavy (non-hydrogen) atoms. The fourth-order valence-electron chi connectivity index (χ4n) is 2.89. The van der Waals surface area contributed by atoms with Crippen LogP contribution in [-0.4, -0.2) is 26.1 Å². The van der Waals surface area contributed by atoms with E-state index in [9.17, 15) is 4.79 Å². The molecule has 6 nitrogen and oxygen atoms in total. The molecule has 1 amide bonds. The van der Waals surface area contributed by atoms with Crippen LogP contribution in [0.15, 0.2) is 46.2 Å². The zero-order valence-corrected chi connectivity index (χ0v) is 19.3. The number of nitrogens with zero attached hydrogens (tertiary/aromatic N) is 4. The SMILES string of the molecule is CC(=O)N(c1ccc(C)c(C)c1)c1nc(CSc2n[nH]c(Cc3cccs3)n2)cs1. The summed E-state index contributed by atoms with van der Waals surface area (Å²) in [6, 6.07) is 10.1. The van der Waals surface area contributed by atoms with Crippen molar-refractivity contribution in [1.29, 1.82) is 0 Å². The third-order valence-electron chi connectivity index (χ3n) is 4.58. The van der Waals surface area contributed by atoms with Crippen molar-refractivity contribution in [3.05, 3.63) is 68.6 Å². The van der Waals surface area contributed by atoms with Gasteiger partial charge in [0.15, 0.2) is 5.13 Å². The van der Waals surface area contributed by atoms with E-state index in [1.165, 1.54) is 33.5 Å². The van der Waals surface area contributed by atoms with Gasteiger partial charge in [0.1, 0.15) is 5.82 Å². The average Bonchev–Trinajstić information content (AvgIpc) is 3.46. The van der Waals surface area contributed by atoms with Crippen molar-refractivity contribution in [3.63, 3.8) is 0 Å². The second-order valence-corrected chi connectivity index (χ2v) is 9.67. The Hall–Kier alpha value is -2.49. The standard InChI is InChI=1S/C21H21N5OS3/c1-13-6-7-17(9-14(13)2)26(15(3)27)21-22-16(12-30-21)11-29-20-23-19(24-25-20)10-18-5-4-8-28-18/h4-9,12H,10-11H2,1-3H3,(H,23,24,25). The van der Waals surface area contributed by atoms with E-state index in [-0.39, 0.29) is 5.91 Å². The summed E-state index contributed by atoms with van der Waals surface area (Å²) < 4.78 is 0. The van der Waals surface area contributed by atoms with Crippen molar-refractivity contribution in [3.8, 4) is 0 Å². The monoisotopic (exact) mass is 455 g/mol. The third-order valence-corrected chi connectivity index (χ3v) is 7.21. The molecule has 0 saturated heterocycles. The van der Waals surface area contributed by atoms with Gasteiger partial charge in [-0.2, -0.15) is 0 Å². The summed E-state index contributed by atoms with van der Waals surface area (Å²) in [6.45, 7) is 5.67. The van der Waals surface area contributed by atoms with Gasteiger partial charge in [0.2, 0.25) is 11.1 Å². The highest BCUT2D eigenvalue weighted by Gasteiger charge is 2.18. The summed E-state index contributed by atoms with van der Waals surface area (Å²) in [7, 11) is 0. The van der Waals surface area contributed by atoms with Crippen molar-refractivity contribution in [2.24, 2.45) is 0 Å². The van der Waals surface area contributed by atoms with Crippen LogP contribution in [0.1, 0.15) is 34.4 Å². The number of hydrogen-bond acceptors (Lipinski definition) is 7. The molecule has 154 valence electrons. The number of thiophene rings is 1. The van der Waals surface area contributed by atoms with Crippen LogP contribution in [-0.2, 0) is 17.0 Å². The van der Waals surface area contributed by atoms with Gasteiger partial charge in [-0.1, -0.05) is 23.9 Å². The lowest BCUT2D eigenvalue weighted by molar-refractivity contribution is -0.115. The van der Waals surface area contributed by atoms with Crippen LogP contribution in [0.2, 0.25) is 0 Å². The molecule has 1 N–H and O–H groups in total. The second kappa shape index (κ2) is 9.11. The molecule has 3 aromatic heterocycles. The van der Waals surface area contributed by atoms with Crippen LogP contribution in [0.3, 0.4) is 0 Å². The minimum Gasteiger partial charge on any atom is -0.274 e. The molecule has 0 atom stereocenters. The lowest BCUT2D eigenvalue weighted by Crippen LogP contribution is -2.22. The average molecular weight is 456 g/mol. The number of benzene rings is 1. The Morgan fingerprint density at radius 3 is 2.77 bits per heavy atom. The Morgan fingerprint density at radius 2 is 2.03 bits per heavy atom. The molecule has 0 radical (unpaired) electrons. The number of H-pyrrole nitrogens is 1. The maximum absolute atomic E-state index is 12.3. The summed E-state index contributed by atoms with van der Waals surface area (Å²) in [6.07, 6.45) is 0.760. The molecule has 4 aromatic rings. The summed E-state index contributed by atoms with van der Waals surface area (Å²) in [5, 5.41) is 12.7.